The van der Waals surface area contributed by atoms with Crippen LogP contribution < -0.4 is 19.7 Å². The molecular formula is C21H26N4O4. The molecule has 1 N–H and O–H groups in total. The number of hydrogen-bond donors (Lipinski definition) is 1. The second kappa shape index (κ2) is 8.65. The highest BCUT2D eigenvalue weighted by Gasteiger charge is 2.22. The Morgan fingerprint density at radius 2 is 2.00 bits per heavy atom. The normalized spacial score (nSPS) is 18.3. The fourth-order valence-electron chi connectivity index (χ4n) is 3.80. The Hall–Kier alpha value is -2.87. The highest BCUT2D eigenvalue weighted by molar-refractivity contribution is 5.92. The zero-order valence-electron chi connectivity index (χ0n) is 16.8. The van der Waals surface area contributed by atoms with Crippen molar-refractivity contribution in [3.05, 3.63) is 41.1 Å². The van der Waals surface area contributed by atoms with Crippen LogP contribution in [0.5, 0.6) is 11.5 Å². The van der Waals surface area contributed by atoms with E-state index in [4.69, 9.17) is 14.2 Å². The molecular weight excluding hydrogens is 372 g/mol. The number of aromatic nitrogens is 2. The monoisotopic (exact) mass is 398 g/mol. The molecule has 1 aromatic carbocycles. The first-order valence-corrected chi connectivity index (χ1v) is 9.90. The van der Waals surface area contributed by atoms with Gasteiger partial charge in [-0.15, -0.1) is 10.2 Å². The zero-order valence-corrected chi connectivity index (χ0v) is 16.8. The van der Waals surface area contributed by atoms with Crippen molar-refractivity contribution in [1.82, 2.24) is 15.5 Å². The van der Waals surface area contributed by atoms with Crippen molar-refractivity contribution in [2.75, 3.05) is 38.8 Å². The highest BCUT2D eigenvalue weighted by Crippen LogP contribution is 2.34. The number of fused-ring (bicyclic) bond motifs is 1. The van der Waals surface area contributed by atoms with Crippen LogP contribution in [0.2, 0.25) is 0 Å². The van der Waals surface area contributed by atoms with E-state index in [1.807, 2.05) is 18.2 Å². The van der Waals surface area contributed by atoms with Gasteiger partial charge in [-0.05, 0) is 54.7 Å². The predicted octanol–water partition coefficient (Wildman–Crippen LogP) is 1.97. The average molecular weight is 398 g/mol. The summed E-state index contributed by atoms with van der Waals surface area (Å²) in [7, 11) is 3.28. The lowest BCUT2D eigenvalue weighted by Gasteiger charge is -2.30. The number of hydrogen-bond acceptors (Lipinski definition) is 7. The number of amides is 1. The Labute approximate surface area is 170 Å². The van der Waals surface area contributed by atoms with E-state index in [9.17, 15) is 4.79 Å². The van der Waals surface area contributed by atoms with Crippen molar-refractivity contribution in [1.29, 1.82) is 0 Å². The Kier molecular flexibility index (Phi) is 5.80. The molecule has 2 aromatic rings. The minimum absolute atomic E-state index is 0.107. The third kappa shape index (κ3) is 4.27. The van der Waals surface area contributed by atoms with Crippen molar-refractivity contribution in [3.8, 4) is 11.5 Å². The molecule has 1 saturated heterocycles. The smallest absolute Gasteiger partial charge is 0.271 e. The molecule has 1 fully saturated rings. The topological polar surface area (TPSA) is 85.8 Å². The fourth-order valence-corrected chi connectivity index (χ4v) is 3.80. The molecule has 1 aromatic heterocycles. The number of carbonyl (C=O) groups excluding carboxylic acids is 1. The summed E-state index contributed by atoms with van der Waals surface area (Å²) in [5, 5.41) is 11.3. The summed E-state index contributed by atoms with van der Waals surface area (Å²) in [6, 6.07) is 7.62. The van der Waals surface area contributed by atoms with Gasteiger partial charge in [0.1, 0.15) is 0 Å². The molecule has 1 unspecified atom stereocenters. The molecule has 1 atom stereocenters. The maximum Gasteiger partial charge on any atom is 0.271 e. The van der Waals surface area contributed by atoms with Crippen LogP contribution in [0.4, 0.5) is 5.82 Å². The number of nitrogens with zero attached hydrogens (tertiary/aromatic N) is 3. The predicted molar refractivity (Wildman–Crippen MR) is 108 cm³/mol. The van der Waals surface area contributed by atoms with Gasteiger partial charge in [-0.25, -0.2) is 0 Å². The number of nitrogens with one attached hydrogen (secondary N) is 1. The van der Waals surface area contributed by atoms with Crippen molar-refractivity contribution >= 4 is 11.7 Å². The Morgan fingerprint density at radius 3 is 2.66 bits per heavy atom. The molecule has 0 spiro atoms. The van der Waals surface area contributed by atoms with Crippen LogP contribution >= 0.6 is 0 Å². The van der Waals surface area contributed by atoms with Gasteiger partial charge in [-0.1, -0.05) is 0 Å². The van der Waals surface area contributed by atoms with E-state index in [-0.39, 0.29) is 12.0 Å². The largest absolute Gasteiger partial charge is 0.493 e. The molecule has 154 valence electrons. The van der Waals surface area contributed by atoms with E-state index in [0.29, 0.717) is 18.8 Å². The van der Waals surface area contributed by atoms with Gasteiger partial charge in [0.15, 0.2) is 23.0 Å². The summed E-state index contributed by atoms with van der Waals surface area (Å²) in [5.74, 6) is 2.00. The Morgan fingerprint density at radius 1 is 1.21 bits per heavy atom. The zero-order chi connectivity index (χ0) is 20.2. The third-order valence-electron chi connectivity index (χ3n) is 5.44. The summed E-state index contributed by atoms with van der Waals surface area (Å²) in [6.07, 6.45) is 3.02. The molecule has 29 heavy (non-hydrogen) atoms. The van der Waals surface area contributed by atoms with Crippen molar-refractivity contribution in [2.45, 2.75) is 31.9 Å². The van der Waals surface area contributed by atoms with E-state index in [1.165, 1.54) is 11.1 Å². The number of ether oxygens (including phenoxy) is 3. The first kappa shape index (κ1) is 19.4. The van der Waals surface area contributed by atoms with Crippen LogP contribution in [0, 0.1) is 0 Å². The fraction of sp³-hybridized carbons (Fsp3) is 0.476. The van der Waals surface area contributed by atoms with Gasteiger partial charge in [0.25, 0.3) is 5.91 Å². The Bertz CT molecular complexity index is 866. The van der Waals surface area contributed by atoms with E-state index in [1.54, 1.807) is 20.3 Å². The van der Waals surface area contributed by atoms with Crippen LogP contribution in [0.1, 0.15) is 34.5 Å². The lowest BCUT2D eigenvalue weighted by Crippen LogP contribution is -2.33. The molecule has 3 heterocycles. The van der Waals surface area contributed by atoms with Gasteiger partial charge in [-0.3, -0.25) is 4.79 Å². The molecule has 2 aliphatic heterocycles. The van der Waals surface area contributed by atoms with Gasteiger partial charge < -0.3 is 24.4 Å². The minimum Gasteiger partial charge on any atom is -0.493 e. The van der Waals surface area contributed by atoms with Crippen LogP contribution in [-0.4, -0.2) is 56.1 Å². The quantitative estimate of drug-likeness (QED) is 0.796. The molecule has 0 bridgehead atoms. The molecule has 0 saturated carbocycles. The SMILES string of the molecule is COc1cc2c(cc1OC)CN(c1ccc(C(=O)NCC3CCCO3)nn1)CC2. The van der Waals surface area contributed by atoms with Crippen LogP contribution in [0.3, 0.4) is 0 Å². The van der Waals surface area contributed by atoms with E-state index < -0.39 is 0 Å². The Balaban J connectivity index is 1.41. The van der Waals surface area contributed by atoms with Gasteiger partial charge >= 0.3 is 0 Å². The minimum atomic E-state index is -0.222. The summed E-state index contributed by atoms with van der Waals surface area (Å²) < 4.78 is 16.3. The van der Waals surface area contributed by atoms with Gasteiger partial charge in [0.2, 0.25) is 0 Å². The second-order valence-corrected chi connectivity index (χ2v) is 7.27. The maximum atomic E-state index is 12.3. The number of anilines is 1. The third-order valence-corrected chi connectivity index (χ3v) is 5.44. The molecule has 0 aliphatic carbocycles. The van der Waals surface area contributed by atoms with E-state index in [2.05, 4.69) is 20.4 Å². The molecule has 2 aliphatic rings. The maximum absolute atomic E-state index is 12.3. The van der Waals surface area contributed by atoms with E-state index >= 15 is 0 Å². The van der Waals surface area contributed by atoms with Crippen molar-refractivity contribution in [2.24, 2.45) is 0 Å². The van der Waals surface area contributed by atoms with Crippen LogP contribution in [0.25, 0.3) is 0 Å². The van der Waals surface area contributed by atoms with Gasteiger partial charge in [0.05, 0.1) is 20.3 Å². The molecule has 1 amide bonds. The van der Waals surface area contributed by atoms with Crippen molar-refractivity contribution in [3.63, 3.8) is 0 Å². The van der Waals surface area contributed by atoms with Gasteiger partial charge in [0, 0.05) is 26.2 Å². The number of carbonyl (C=O) groups is 1. The summed E-state index contributed by atoms with van der Waals surface area (Å²) in [4.78, 5) is 14.4. The standard InChI is InChI=1S/C21H26N4O4/c1-27-18-10-14-7-8-25(13-15(14)11-19(18)28-2)20-6-5-17(23-24-20)21(26)22-12-16-4-3-9-29-16/h5-6,10-11,16H,3-4,7-9,12-13H2,1-2H3,(H,22,26). The molecule has 8 nitrogen and oxygen atoms in total. The molecule has 4 rings (SSSR count). The van der Waals surface area contributed by atoms with Gasteiger partial charge in [-0.2, -0.15) is 0 Å². The van der Waals surface area contributed by atoms with Crippen molar-refractivity contribution < 1.29 is 19.0 Å². The summed E-state index contributed by atoms with van der Waals surface area (Å²) >= 11 is 0. The van der Waals surface area contributed by atoms with Crippen LogP contribution in [0.15, 0.2) is 24.3 Å². The van der Waals surface area contributed by atoms with E-state index in [0.717, 1.165) is 49.7 Å². The second-order valence-electron chi connectivity index (χ2n) is 7.27. The summed E-state index contributed by atoms with van der Waals surface area (Å²) in [5.41, 5.74) is 2.74. The average Bonchev–Trinajstić information content (AvgIpc) is 3.30. The van der Waals surface area contributed by atoms with Crippen LogP contribution in [-0.2, 0) is 17.7 Å². The first-order chi connectivity index (χ1) is 14.2. The number of benzene rings is 1. The molecule has 0 radical (unpaired) electrons. The number of methoxy groups -OCH3 is 2. The first-order valence-electron chi connectivity index (χ1n) is 9.90. The number of rotatable bonds is 6. The molecule has 8 heteroatoms. The lowest BCUT2D eigenvalue weighted by atomic mass is 9.99. The lowest BCUT2D eigenvalue weighted by molar-refractivity contribution is 0.0853. The highest BCUT2D eigenvalue weighted by atomic mass is 16.5. The summed E-state index contributed by atoms with van der Waals surface area (Å²) in [6.45, 7) is 2.81.